The van der Waals surface area contributed by atoms with Crippen molar-refractivity contribution in [3.63, 3.8) is 0 Å². The molecule has 1 saturated carbocycles. The van der Waals surface area contributed by atoms with Crippen molar-refractivity contribution in [1.29, 1.82) is 5.26 Å². The summed E-state index contributed by atoms with van der Waals surface area (Å²) in [6.07, 6.45) is 3.94. The van der Waals surface area contributed by atoms with E-state index in [9.17, 15) is 0 Å². The summed E-state index contributed by atoms with van der Waals surface area (Å²) in [5.41, 5.74) is 1.17. The summed E-state index contributed by atoms with van der Waals surface area (Å²) >= 11 is 0. The van der Waals surface area contributed by atoms with Crippen molar-refractivity contribution in [3.05, 3.63) is 23.9 Å². The molecule has 3 nitrogen and oxygen atoms in total. The largest absolute Gasteiger partial charge is 0.370 e. The van der Waals surface area contributed by atoms with Crippen molar-refractivity contribution in [1.82, 2.24) is 4.98 Å². The Balaban J connectivity index is 0.000000686. The summed E-state index contributed by atoms with van der Waals surface area (Å²) in [5, 5.41) is 11.9. The van der Waals surface area contributed by atoms with Crippen LogP contribution in [0.1, 0.15) is 32.3 Å². The van der Waals surface area contributed by atoms with E-state index in [4.69, 9.17) is 5.26 Å². The zero-order valence-corrected chi connectivity index (χ0v) is 10.9. The zero-order chi connectivity index (χ0) is 12.7. The second-order valence-electron chi connectivity index (χ2n) is 4.27. The fourth-order valence-corrected chi connectivity index (χ4v) is 1.83. The molecule has 1 heterocycles. The van der Waals surface area contributed by atoms with Crippen molar-refractivity contribution in [2.24, 2.45) is 11.8 Å². The van der Waals surface area contributed by atoms with Gasteiger partial charge in [0, 0.05) is 18.7 Å². The Morgan fingerprint density at radius 3 is 2.65 bits per heavy atom. The first kappa shape index (κ1) is 13.5. The summed E-state index contributed by atoms with van der Waals surface area (Å²) < 4.78 is 0. The van der Waals surface area contributed by atoms with E-state index in [1.807, 2.05) is 39.1 Å². The Labute approximate surface area is 104 Å². The Morgan fingerprint density at radius 2 is 2.12 bits per heavy atom. The van der Waals surface area contributed by atoms with Gasteiger partial charge in [-0.05, 0) is 37.3 Å². The standard InChI is InChI=1S/C12H15N3.C2H6/c1-9-2-3-12(14-7-9)15-8-11-4-10(5-11)6-13;1-2/h2-3,7,10-11H,4-5,8H2,1H3,(H,14,15);1-2H3. The Hall–Kier alpha value is -1.56. The molecular weight excluding hydrogens is 210 g/mol. The SMILES string of the molecule is CC.Cc1ccc(NCC2CC(C#N)C2)nc1. The molecule has 0 amide bonds. The van der Waals surface area contributed by atoms with Crippen LogP contribution < -0.4 is 5.32 Å². The van der Waals surface area contributed by atoms with Gasteiger partial charge in [-0.15, -0.1) is 0 Å². The number of aryl methyl sites for hydroxylation is 1. The first-order chi connectivity index (χ1) is 8.28. The van der Waals surface area contributed by atoms with Crippen LogP contribution in [0, 0.1) is 30.1 Å². The van der Waals surface area contributed by atoms with Gasteiger partial charge in [0.25, 0.3) is 0 Å². The molecule has 17 heavy (non-hydrogen) atoms. The Morgan fingerprint density at radius 1 is 1.41 bits per heavy atom. The molecule has 92 valence electrons. The minimum absolute atomic E-state index is 0.294. The lowest BCUT2D eigenvalue weighted by Gasteiger charge is -2.30. The maximum atomic E-state index is 8.64. The van der Waals surface area contributed by atoms with Gasteiger partial charge in [-0.25, -0.2) is 4.98 Å². The van der Waals surface area contributed by atoms with Crippen LogP contribution in [-0.4, -0.2) is 11.5 Å². The highest BCUT2D eigenvalue weighted by atomic mass is 15.0. The van der Waals surface area contributed by atoms with Crippen LogP contribution in [0.5, 0.6) is 0 Å². The third-order valence-corrected chi connectivity index (χ3v) is 2.90. The number of aromatic nitrogens is 1. The Bertz CT molecular complexity index is 358. The molecule has 1 aliphatic carbocycles. The van der Waals surface area contributed by atoms with E-state index >= 15 is 0 Å². The van der Waals surface area contributed by atoms with Crippen molar-refractivity contribution >= 4 is 5.82 Å². The molecule has 1 N–H and O–H groups in total. The van der Waals surface area contributed by atoms with Crippen LogP contribution >= 0.6 is 0 Å². The molecular formula is C14H21N3. The highest BCUT2D eigenvalue weighted by Crippen LogP contribution is 2.32. The molecule has 1 aliphatic rings. The summed E-state index contributed by atoms with van der Waals surface area (Å²) in [5.74, 6) is 1.88. The van der Waals surface area contributed by atoms with Gasteiger partial charge < -0.3 is 5.32 Å². The monoisotopic (exact) mass is 231 g/mol. The Kier molecular flexibility index (Phi) is 5.48. The van der Waals surface area contributed by atoms with Gasteiger partial charge in [0.05, 0.1) is 6.07 Å². The van der Waals surface area contributed by atoms with E-state index in [1.165, 1.54) is 5.56 Å². The second-order valence-corrected chi connectivity index (χ2v) is 4.27. The normalized spacial score (nSPS) is 21.5. The number of pyridine rings is 1. The van der Waals surface area contributed by atoms with Gasteiger partial charge in [0.2, 0.25) is 0 Å². The van der Waals surface area contributed by atoms with E-state index < -0.39 is 0 Å². The molecule has 2 rings (SSSR count). The number of nitrogens with one attached hydrogen (secondary N) is 1. The molecule has 0 spiro atoms. The van der Waals surface area contributed by atoms with Crippen LogP contribution in [0.25, 0.3) is 0 Å². The predicted octanol–water partition coefficient (Wildman–Crippen LogP) is 3.38. The van der Waals surface area contributed by atoms with Crippen LogP contribution in [0.4, 0.5) is 5.82 Å². The fourth-order valence-electron chi connectivity index (χ4n) is 1.83. The maximum absolute atomic E-state index is 8.64. The number of hydrogen-bond donors (Lipinski definition) is 1. The van der Waals surface area contributed by atoms with Crippen LogP contribution in [0.15, 0.2) is 18.3 Å². The molecule has 0 aliphatic heterocycles. The van der Waals surface area contributed by atoms with Gasteiger partial charge in [-0.3, -0.25) is 0 Å². The fraction of sp³-hybridized carbons (Fsp3) is 0.571. The number of rotatable bonds is 3. The minimum atomic E-state index is 0.294. The van der Waals surface area contributed by atoms with Crippen molar-refractivity contribution in [2.75, 3.05) is 11.9 Å². The number of nitriles is 1. The quantitative estimate of drug-likeness (QED) is 0.867. The molecule has 1 aromatic heterocycles. The van der Waals surface area contributed by atoms with Crippen LogP contribution in [0.3, 0.4) is 0 Å². The van der Waals surface area contributed by atoms with E-state index in [1.54, 1.807) is 0 Å². The third-order valence-electron chi connectivity index (χ3n) is 2.90. The van der Waals surface area contributed by atoms with Crippen molar-refractivity contribution in [2.45, 2.75) is 33.6 Å². The van der Waals surface area contributed by atoms with Gasteiger partial charge in [0.15, 0.2) is 0 Å². The van der Waals surface area contributed by atoms with E-state index in [0.717, 1.165) is 25.2 Å². The highest BCUT2D eigenvalue weighted by molar-refractivity contribution is 5.35. The lowest BCUT2D eigenvalue weighted by molar-refractivity contribution is 0.260. The average molecular weight is 231 g/mol. The van der Waals surface area contributed by atoms with Gasteiger partial charge in [-0.1, -0.05) is 19.9 Å². The van der Waals surface area contributed by atoms with Crippen LogP contribution in [0.2, 0.25) is 0 Å². The highest BCUT2D eigenvalue weighted by Gasteiger charge is 2.28. The van der Waals surface area contributed by atoms with E-state index in [-0.39, 0.29) is 0 Å². The topological polar surface area (TPSA) is 48.7 Å². The minimum Gasteiger partial charge on any atom is -0.370 e. The van der Waals surface area contributed by atoms with Crippen molar-refractivity contribution in [3.8, 4) is 6.07 Å². The second kappa shape index (κ2) is 6.90. The number of anilines is 1. The molecule has 0 aromatic carbocycles. The summed E-state index contributed by atoms with van der Waals surface area (Å²) in [4.78, 5) is 4.27. The smallest absolute Gasteiger partial charge is 0.125 e. The van der Waals surface area contributed by atoms with Gasteiger partial charge in [0.1, 0.15) is 5.82 Å². The van der Waals surface area contributed by atoms with Crippen LogP contribution in [-0.2, 0) is 0 Å². The average Bonchev–Trinajstić information content (AvgIpc) is 2.32. The summed E-state index contributed by atoms with van der Waals surface area (Å²) in [6.45, 7) is 6.97. The zero-order valence-electron chi connectivity index (χ0n) is 10.9. The summed E-state index contributed by atoms with van der Waals surface area (Å²) in [7, 11) is 0. The van der Waals surface area contributed by atoms with E-state index in [2.05, 4.69) is 16.4 Å². The number of nitrogens with zero attached hydrogens (tertiary/aromatic N) is 2. The van der Waals surface area contributed by atoms with Gasteiger partial charge in [-0.2, -0.15) is 5.26 Å². The lowest BCUT2D eigenvalue weighted by atomic mass is 9.76. The van der Waals surface area contributed by atoms with E-state index in [0.29, 0.717) is 11.8 Å². The molecule has 0 saturated heterocycles. The molecule has 1 fully saturated rings. The lowest BCUT2D eigenvalue weighted by Crippen LogP contribution is -2.28. The molecule has 0 radical (unpaired) electrons. The maximum Gasteiger partial charge on any atom is 0.125 e. The molecule has 3 heteroatoms. The predicted molar refractivity (Wildman–Crippen MR) is 70.6 cm³/mol. The molecule has 1 aromatic rings. The van der Waals surface area contributed by atoms with Gasteiger partial charge >= 0.3 is 0 Å². The first-order valence-corrected chi connectivity index (χ1v) is 6.34. The third kappa shape index (κ3) is 4.07. The number of hydrogen-bond acceptors (Lipinski definition) is 3. The first-order valence-electron chi connectivity index (χ1n) is 6.34. The van der Waals surface area contributed by atoms with Crippen molar-refractivity contribution < 1.29 is 0 Å². The summed E-state index contributed by atoms with van der Waals surface area (Å²) in [6, 6.07) is 6.34. The molecule has 0 unspecified atom stereocenters. The molecule has 0 atom stereocenters. The molecule has 0 bridgehead atoms.